The van der Waals surface area contributed by atoms with Crippen molar-refractivity contribution in [3.05, 3.63) is 123 Å². The predicted molar refractivity (Wildman–Crippen MR) is 140 cm³/mol. The molecular formula is C29H26BrP. The SMILES string of the molecule is CC1=Cc2c(Br)cccc2C1CCC1=CC(P(c2ccccc2)c2ccccc2)=CC1. The van der Waals surface area contributed by atoms with E-state index >= 15 is 0 Å². The third-order valence-corrected chi connectivity index (χ3v) is 9.50. The van der Waals surface area contributed by atoms with Gasteiger partial charge in [0.05, 0.1) is 0 Å². The van der Waals surface area contributed by atoms with Gasteiger partial charge in [-0.2, -0.15) is 0 Å². The van der Waals surface area contributed by atoms with E-state index in [0.29, 0.717) is 5.92 Å². The van der Waals surface area contributed by atoms with E-state index in [2.05, 4.69) is 120 Å². The second kappa shape index (κ2) is 9.11. The molecule has 3 aromatic rings. The number of fused-ring (bicyclic) bond motifs is 1. The van der Waals surface area contributed by atoms with Crippen LogP contribution in [-0.4, -0.2) is 0 Å². The summed E-state index contributed by atoms with van der Waals surface area (Å²) in [6.07, 6.45) is 10.8. The highest BCUT2D eigenvalue weighted by Gasteiger charge is 2.25. The number of halogens is 1. The molecule has 0 fully saturated rings. The lowest BCUT2D eigenvalue weighted by molar-refractivity contribution is 0.705. The minimum absolute atomic E-state index is 0.488. The summed E-state index contributed by atoms with van der Waals surface area (Å²) in [6, 6.07) is 28.6. The zero-order valence-corrected chi connectivity index (χ0v) is 20.2. The maximum Gasteiger partial charge on any atom is 0.0250 e. The zero-order chi connectivity index (χ0) is 21.2. The second-order valence-electron chi connectivity index (χ2n) is 8.36. The summed E-state index contributed by atoms with van der Waals surface area (Å²) in [4.78, 5) is 0. The Balaban J connectivity index is 1.35. The molecule has 3 aromatic carbocycles. The van der Waals surface area contributed by atoms with E-state index in [1.54, 1.807) is 5.57 Å². The number of hydrogen-bond acceptors (Lipinski definition) is 0. The molecule has 0 amide bonds. The molecule has 154 valence electrons. The van der Waals surface area contributed by atoms with E-state index in [0.717, 1.165) is 12.8 Å². The first-order chi connectivity index (χ1) is 15.2. The van der Waals surface area contributed by atoms with Crippen LogP contribution in [0.3, 0.4) is 0 Å². The Hall–Kier alpha value is -2.21. The summed E-state index contributed by atoms with van der Waals surface area (Å²) < 4.78 is 1.22. The molecule has 0 saturated heterocycles. The zero-order valence-electron chi connectivity index (χ0n) is 17.8. The minimum atomic E-state index is -0.488. The Morgan fingerprint density at radius 3 is 2.19 bits per heavy atom. The Kier molecular flexibility index (Phi) is 6.08. The topological polar surface area (TPSA) is 0 Å². The van der Waals surface area contributed by atoms with Crippen LogP contribution in [0.5, 0.6) is 0 Å². The molecule has 0 N–H and O–H groups in total. The molecule has 1 atom stereocenters. The van der Waals surface area contributed by atoms with Crippen molar-refractivity contribution in [1.29, 1.82) is 0 Å². The molecule has 2 aliphatic rings. The smallest absolute Gasteiger partial charge is 0.0250 e. The van der Waals surface area contributed by atoms with Gasteiger partial charge in [-0.25, -0.2) is 0 Å². The minimum Gasteiger partial charge on any atom is -0.0721 e. The van der Waals surface area contributed by atoms with Crippen LogP contribution in [0.4, 0.5) is 0 Å². The molecule has 2 aliphatic carbocycles. The lowest BCUT2D eigenvalue weighted by Gasteiger charge is -2.19. The predicted octanol–water partition coefficient (Wildman–Crippen LogP) is 8.08. The summed E-state index contributed by atoms with van der Waals surface area (Å²) in [5.74, 6) is 0.544. The van der Waals surface area contributed by atoms with Gasteiger partial charge >= 0.3 is 0 Å². The highest BCUT2D eigenvalue weighted by Crippen LogP contribution is 2.48. The van der Waals surface area contributed by atoms with E-state index in [1.807, 2.05) is 0 Å². The van der Waals surface area contributed by atoms with Gasteiger partial charge in [-0.05, 0) is 67.2 Å². The molecule has 0 bridgehead atoms. The Bertz CT molecular complexity index is 1130. The molecule has 0 heterocycles. The molecule has 0 aliphatic heterocycles. The van der Waals surface area contributed by atoms with Crippen molar-refractivity contribution in [2.24, 2.45) is 0 Å². The van der Waals surface area contributed by atoms with Crippen LogP contribution in [0.15, 0.2) is 112 Å². The van der Waals surface area contributed by atoms with Gasteiger partial charge in [0.15, 0.2) is 0 Å². The maximum absolute atomic E-state index is 3.73. The molecule has 0 aromatic heterocycles. The average molecular weight is 485 g/mol. The third-order valence-electron chi connectivity index (χ3n) is 6.35. The standard InChI is InChI=1S/C29H26BrP/c1-21-19-28-27(13-8-14-29(28)30)26(21)18-16-22-15-17-25(20-22)31(23-9-4-2-5-10-23)24-11-6-3-7-12-24/h2-14,17,19-20,26H,15-16,18H2,1H3. The number of benzene rings is 3. The summed E-state index contributed by atoms with van der Waals surface area (Å²) in [5.41, 5.74) is 5.92. The fourth-order valence-electron chi connectivity index (χ4n) is 4.79. The lowest BCUT2D eigenvalue weighted by atomic mass is 9.90. The first-order valence-electron chi connectivity index (χ1n) is 11.0. The van der Waals surface area contributed by atoms with Crippen LogP contribution in [-0.2, 0) is 0 Å². The molecule has 0 nitrogen and oxygen atoms in total. The van der Waals surface area contributed by atoms with E-state index < -0.39 is 7.92 Å². The third kappa shape index (κ3) is 4.27. The van der Waals surface area contributed by atoms with Crippen LogP contribution in [0, 0.1) is 0 Å². The summed E-state index contributed by atoms with van der Waals surface area (Å²) in [5, 5.41) is 4.37. The van der Waals surface area contributed by atoms with Gasteiger partial charge in [-0.1, -0.05) is 118 Å². The Morgan fingerprint density at radius 1 is 0.839 bits per heavy atom. The van der Waals surface area contributed by atoms with Crippen molar-refractivity contribution in [2.75, 3.05) is 0 Å². The first-order valence-corrected chi connectivity index (χ1v) is 13.1. The van der Waals surface area contributed by atoms with E-state index in [9.17, 15) is 0 Å². The van der Waals surface area contributed by atoms with Crippen LogP contribution < -0.4 is 10.6 Å². The largest absolute Gasteiger partial charge is 0.0721 e. The lowest BCUT2D eigenvalue weighted by Crippen LogP contribution is -2.11. The van der Waals surface area contributed by atoms with Gasteiger partial charge < -0.3 is 0 Å². The van der Waals surface area contributed by atoms with Crippen LogP contribution >= 0.6 is 23.9 Å². The van der Waals surface area contributed by atoms with Crippen LogP contribution in [0.25, 0.3) is 6.08 Å². The molecule has 5 rings (SSSR count). The van der Waals surface area contributed by atoms with Crippen molar-refractivity contribution in [1.82, 2.24) is 0 Å². The van der Waals surface area contributed by atoms with E-state index in [4.69, 9.17) is 0 Å². The van der Waals surface area contributed by atoms with Crippen molar-refractivity contribution >= 4 is 40.5 Å². The van der Waals surface area contributed by atoms with Crippen molar-refractivity contribution in [3.8, 4) is 0 Å². The van der Waals surface area contributed by atoms with Crippen LogP contribution in [0.1, 0.15) is 43.2 Å². The quantitative estimate of drug-likeness (QED) is 0.310. The summed E-state index contributed by atoms with van der Waals surface area (Å²) in [6.45, 7) is 2.29. The van der Waals surface area contributed by atoms with Gasteiger partial charge in [-0.15, -0.1) is 0 Å². The van der Waals surface area contributed by atoms with Crippen molar-refractivity contribution < 1.29 is 0 Å². The molecule has 1 unspecified atom stereocenters. The number of allylic oxidation sites excluding steroid dienone is 5. The Labute approximate surface area is 195 Å². The highest BCUT2D eigenvalue weighted by atomic mass is 79.9. The Morgan fingerprint density at radius 2 is 1.52 bits per heavy atom. The maximum atomic E-state index is 3.73. The fourth-order valence-corrected chi connectivity index (χ4v) is 7.71. The number of rotatable bonds is 6. The fraction of sp³-hybridized carbons (Fsp3) is 0.172. The molecule has 31 heavy (non-hydrogen) atoms. The monoisotopic (exact) mass is 484 g/mol. The van der Waals surface area contributed by atoms with Gasteiger partial charge in [0, 0.05) is 10.4 Å². The molecular weight excluding hydrogens is 459 g/mol. The molecule has 2 heteroatoms. The van der Waals surface area contributed by atoms with Gasteiger partial charge in [-0.3, -0.25) is 0 Å². The normalized spacial score (nSPS) is 17.4. The first kappa shape index (κ1) is 20.7. The summed E-state index contributed by atoms with van der Waals surface area (Å²) >= 11 is 3.73. The number of hydrogen-bond donors (Lipinski definition) is 0. The van der Waals surface area contributed by atoms with Gasteiger partial charge in [0.2, 0.25) is 0 Å². The molecule has 0 spiro atoms. The highest BCUT2D eigenvalue weighted by molar-refractivity contribution is 9.10. The van der Waals surface area contributed by atoms with Gasteiger partial charge in [0.25, 0.3) is 0 Å². The van der Waals surface area contributed by atoms with E-state index in [1.165, 1.54) is 43.5 Å². The summed E-state index contributed by atoms with van der Waals surface area (Å²) in [7, 11) is -0.488. The second-order valence-corrected chi connectivity index (χ2v) is 11.4. The molecule has 0 radical (unpaired) electrons. The van der Waals surface area contributed by atoms with E-state index in [-0.39, 0.29) is 0 Å². The van der Waals surface area contributed by atoms with Crippen LogP contribution in [0.2, 0.25) is 0 Å². The van der Waals surface area contributed by atoms with Crippen molar-refractivity contribution in [3.63, 3.8) is 0 Å². The van der Waals surface area contributed by atoms with Crippen molar-refractivity contribution in [2.45, 2.75) is 32.1 Å². The average Bonchev–Trinajstić information content (AvgIpc) is 3.39. The molecule has 0 saturated carbocycles. The van der Waals surface area contributed by atoms with Gasteiger partial charge in [0.1, 0.15) is 0 Å².